The molecule has 5 heteroatoms. The Hall–Kier alpha value is -1.75. The van der Waals surface area contributed by atoms with Crippen molar-refractivity contribution in [3.05, 3.63) is 35.7 Å². The van der Waals surface area contributed by atoms with Gasteiger partial charge in [-0.3, -0.25) is 0 Å². The molecule has 2 aromatic rings. The van der Waals surface area contributed by atoms with Crippen molar-refractivity contribution in [3.8, 4) is 5.69 Å². The molecule has 5 nitrogen and oxygen atoms in total. The Balaban J connectivity index is 2.28. The molecular weight excluding hydrogens is 262 g/mol. The summed E-state index contributed by atoms with van der Waals surface area (Å²) in [5.74, 6) is 1.46. The van der Waals surface area contributed by atoms with Crippen molar-refractivity contribution in [2.45, 2.75) is 46.6 Å². The van der Waals surface area contributed by atoms with Gasteiger partial charge in [0.1, 0.15) is 0 Å². The molecule has 114 valence electrons. The average Bonchev–Trinajstić information content (AvgIpc) is 2.95. The minimum atomic E-state index is 0.122. The zero-order valence-corrected chi connectivity index (χ0v) is 13.4. The second-order valence-electron chi connectivity index (χ2n) is 5.85. The Morgan fingerprint density at radius 1 is 1.19 bits per heavy atom. The van der Waals surface area contributed by atoms with Gasteiger partial charge in [-0.15, -0.1) is 5.10 Å². The van der Waals surface area contributed by atoms with Crippen molar-refractivity contribution in [2.75, 3.05) is 6.54 Å². The summed E-state index contributed by atoms with van der Waals surface area (Å²) in [4.78, 5) is 0. The van der Waals surface area contributed by atoms with Gasteiger partial charge in [-0.25, -0.2) is 0 Å². The average molecular weight is 287 g/mol. The van der Waals surface area contributed by atoms with Crippen molar-refractivity contribution >= 4 is 0 Å². The first-order valence-electron chi connectivity index (χ1n) is 7.73. The molecule has 21 heavy (non-hydrogen) atoms. The lowest BCUT2D eigenvalue weighted by molar-refractivity contribution is 0.474. The second kappa shape index (κ2) is 7.31. The topological polar surface area (TPSA) is 55.6 Å². The van der Waals surface area contributed by atoms with Crippen molar-refractivity contribution in [2.24, 2.45) is 5.92 Å². The van der Waals surface area contributed by atoms with Gasteiger partial charge in [0.2, 0.25) is 0 Å². The largest absolute Gasteiger partial charge is 0.307 e. The van der Waals surface area contributed by atoms with E-state index in [0.717, 1.165) is 30.9 Å². The summed E-state index contributed by atoms with van der Waals surface area (Å²) in [5.41, 5.74) is 2.36. The van der Waals surface area contributed by atoms with Crippen LogP contribution in [0.25, 0.3) is 5.69 Å². The van der Waals surface area contributed by atoms with Crippen LogP contribution in [0.5, 0.6) is 0 Å². The number of rotatable bonds is 7. The molecule has 2 rings (SSSR count). The smallest absolute Gasteiger partial charge is 0.173 e. The van der Waals surface area contributed by atoms with Crippen molar-refractivity contribution in [1.29, 1.82) is 0 Å². The van der Waals surface area contributed by atoms with Gasteiger partial charge >= 0.3 is 0 Å². The van der Waals surface area contributed by atoms with Crippen LogP contribution in [0.1, 0.15) is 51.5 Å². The summed E-state index contributed by atoms with van der Waals surface area (Å²) in [5, 5.41) is 15.8. The number of aryl methyl sites for hydroxylation is 1. The molecule has 0 aliphatic heterocycles. The molecule has 1 unspecified atom stereocenters. The molecule has 0 aliphatic rings. The Morgan fingerprint density at radius 2 is 1.95 bits per heavy atom. The molecule has 1 atom stereocenters. The van der Waals surface area contributed by atoms with E-state index in [-0.39, 0.29) is 6.04 Å². The molecule has 1 aromatic carbocycles. The third kappa shape index (κ3) is 3.88. The van der Waals surface area contributed by atoms with E-state index < -0.39 is 0 Å². The van der Waals surface area contributed by atoms with Crippen LogP contribution >= 0.6 is 0 Å². The molecule has 0 saturated heterocycles. The van der Waals surface area contributed by atoms with E-state index in [0.29, 0.717) is 5.92 Å². The van der Waals surface area contributed by atoms with Crippen LogP contribution in [0, 0.1) is 5.92 Å². The molecule has 0 radical (unpaired) electrons. The summed E-state index contributed by atoms with van der Waals surface area (Å²) in [7, 11) is 0. The van der Waals surface area contributed by atoms with Gasteiger partial charge in [0.25, 0.3) is 0 Å². The molecule has 0 amide bonds. The van der Waals surface area contributed by atoms with Gasteiger partial charge in [0, 0.05) is 0 Å². The van der Waals surface area contributed by atoms with Crippen LogP contribution in [0.3, 0.4) is 0 Å². The molecule has 1 heterocycles. The molecule has 0 spiro atoms. The Bertz CT molecular complexity index is 561. The van der Waals surface area contributed by atoms with Gasteiger partial charge in [0.15, 0.2) is 5.82 Å². The first-order chi connectivity index (χ1) is 10.1. The normalized spacial score (nSPS) is 12.8. The van der Waals surface area contributed by atoms with Crippen LogP contribution in [-0.2, 0) is 6.42 Å². The third-order valence-corrected chi connectivity index (χ3v) is 3.45. The van der Waals surface area contributed by atoms with Crippen LogP contribution in [0.4, 0.5) is 0 Å². The summed E-state index contributed by atoms with van der Waals surface area (Å²) >= 11 is 0. The van der Waals surface area contributed by atoms with E-state index in [4.69, 9.17) is 0 Å². The number of aromatic nitrogens is 4. The van der Waals surface area contributed by atoms with E-state index >= 15 is 0 Å². The first-order valence-corrected chi connectivity index (χ1v) is 7.73. The highest BCUT2D eigenvalue weighted by molar-refractivity contribution is 5.40. The number of nitrogens with one attached hydrogen (secondary N) is 1. The summed E-state index contributed by atoms with van der Waals surface area (Å²) in [6.45, 7) is 9.63. The van der Waals surface area contributed by atoms with Gasteiger partial charge in [-0.05, 0) is 47.9 Å². The number of hydrogen-bond acceptors (Lipinski definition) is 4. The highest BCUT2D eigenvalue weighted by Gasteiger charge is 2.17. The van der Waals surface area contributed by atoms with Gasteiger partial charge < -0.3 is 5.32 Å². The van der Waals surface area contributed by atoms with Crippen LogP contribution in [0.2, 0.25) is 0 Å². The lowest BCUT2D eigenvalue weighted by Gasteiger charge is -2.16. The van der Waals surface area contributed by atoms with Crippen molar-refractivity contribution in [1.82, 2.24) is 25.5 Å². The fourth-order valence-electron chi connectivity index (χ4n) is 2.34. The molecule has 1 aromatic heterocycles. The monoisotopic (exact) mass is 287 g/mol. The lowest BCUT2D eigenvalue weighted by Crippen LogP contribution is -2.26. The maximum atomic E-state index is 4.21. The second-order valence-corrected chi connectivity index (χ2v) is 5.85. The number of para-hydroxylation sites is 1. The molecule has 0 bridgehead atoms. The fourth-order valence-corrected chi connectivity index (χ4v) is 2.34. The zero-order chi connectivity index (χ0) is 15.2. The maximum absolute atomic E-state index is 4.21. The predicted octanol–water partition coefficient (Wildman–Crippen LogP) is 2.92. The molecular formula is C16H25N5. The summed E-state index contributed by atoms with van der Waals surface area (Å²) in [6, 6.07) is 8.46. The van der Waals surface area contributed by atoms with Crippen molar-refractivity contribution < 1.29 is 0 Å². The van der Waals surface area contributed by atoms with Crippen LogP contribution in [0.15, 0.2) is 24.3 Å². The fraction of sp³-hybridized carbons (Fsp3) is 0.562. The molecule has 0 aliphatic carbocycles. The Kier molecular flexibility index (Phi) is 5.44. The first kappa shape index (κ1) is 15.6. The summed E-state index contributed by atoms with van der Waals surface area (Å²) < 4.78 is 1.86. The minimum absolute atomic E-state index is 0.122. The van der Waals surface area contributed by atoms with E-state index in [9.17, 15) is 0 Å². The van der Waals surface area contributed by atoms with Crippen LogP contribution < -0.4 is 5.32 Å². The number of nitrogens with zero attached hydrogens (tertiary/aromatic N) is 4. The number of tetrazole rings is 1. The Labute approximate surface area is 126 Å². The van der Waals surface area contributed by atoms with Crippen molar-refractivity contribution in [3.63, 3.8) is 0 Å². The highest BCUT2D eigenvalue weighted by Crippen LogP contribution is 2.19. The highest BCUT2D eigenvalue weighted by atomic mass is 15.5. The molecule has 0 saturated carbocycles. The minimum Gasteiger partial charge on any atom is -0.307 e. The van der Waals surface area contributed by atoms with Gasteiger partial charge in [-0.2, -0.15) is 4.68 Å². The predicted molar refractivity (Wildman–Crippen MR) is 84.4 cm³/mol. The van der Waals surface area contributed by atoms with E-state index in [1.165, 1.54) is 5.56 Å². The SMILES string of the molecule is CCCc1ccccc1-n1nnnc1C(C)NCC(C)C. The Morgan fingerprint density at radius 3 is 2.67 bits per heavy atom. The lowest BCUT2D eigenvalue weighted by atomic mass is 10.1. The van der Waals surface area contributed by atoms with Gasteiger partial charge in [0.05, 0.1) is 11.7 Å². The van der Waals surface area contributed by atoms with E-state index in [2.05, 4.69) is 66.7 Å². The zero-order valence-electron chi connectivity index (χ0n) is 13.4. The van der Waals surface area contributed by atoms with E-state index in [1.54, 1.807) is 0 Å². The van der Waals surface area contributed by atoms with E-state index in [1.807, 2.05) is 10.7 Å². The summed E-state index contributed by atoms with van der Waals surface area (Å²) in [6.07, 6.45) is 2.14. The number of benzene rings is 1. The maximum Gasteiger partial charge on any atom is 0.173 e. The third-order valence-electron chi connectivity index (χ3n) is 3.45. The van der Waals surface area contributed by atoms with Crippen LogP contribution in [-0.4, -0.2) is 26.8 Å². The molecule has 1 N–H and O–H groups in total. The quantitative estimate of drug-likeness (QED) is 0.850. The number of hydrogen-bond donors (Lipinski definition) is 1. The van der Waals surface area contributed by atoms with Gasteiger partial charge in [-0.1, -0.05) is 45.4 Å². The standard InChI is InChI=1S/C16H25N5/c1-5-8-14-9-6-7-10-15(14)21-16(18-19-20-21)13(4)17-11-12(2)3/h6-7,9-10,12-13,17H,5,8,11H2,1-4H3. The molecule has 0 fully saturated rings.